The molecule has 0 saturated heterocycles. The SMILES string of the molecule is COc1ccc2cc(C(C)(F)F)ccc2c1. The molecule has 0 amide bonds. The van der Waals surface area contributed by atoms with E-state index in [9.17, 15) is 8.78 Å². The Morgan fingerprint density at radius 1 is 1.00 bits per heavy atom. The van der Waals surface area contributed by atoms with Gasteiger partial charge < -0.3 is 4.74 Å². The van der Waals surface area contributed by atoms with Crippen molar-refractivity contribution in [3.63, 3.8) is 0 Å². The molecule has 16 heavy (non-hydrogen) atoms. The average Bonchev–Trinajstić information content (AvgIpc) is 2.26. The van der Waals surface area contributed by atoms with Gasteiger partial charge in [-0.3, -0.25) is 0 Å². The maximum atomic E-state index is 13.1. The molecule has 0 unspecified atom stereocenters. The number of hydrogen-bond donors (Lipinski definition) is 0. The van der Waals surface area contributed by atoms with Gasteiger partial charge in [-0.05, 0) is 29.0 Å². The molecule has 0 aliphatic carbocycles. The normalized spacial score (nSPS) is 11.8. The molecule has 0 fully saturated rings. The summed E-state index contributed by atoms with van der Waals surface area (Å²) in [7, 11) is 1.58. The lowest BCUT2D eigenvalue weighted by atomic mass is 10.0. The lowest BCUT2D eigenvalue weighted by molar-refractivity contribution is 0.0176. The fraction of sp³-hybridized carbons (Fsp3) is 0.231. The van der Waals surface area contributed by atoms with Crippen LogP contribution in [0.4, 0.5) is 8.78 Å². The van der Waals surface area contributed by atoms with Crippen LogP contribution in [-0.2, 0) is 5.92 Å². The zero-order valence-corrected chi connectivity index (χ0v) is 9.13. The maximum Gasteiger partial charge on any atom is 0.270 e. The van der Waals surface area contributed by atoms with Gasteiger partial charge in [0.15, 0.2) is 0 Å². The predicted molar refractivity (Wildman–Crippen MR) is 60.1 cm³/mol. The third-order valence-electron chi connectivity index (χ3n) is 2.55. The summed E-state index contributed by atoms with van der Waals surface area (Å²) in [5.74, 6) is -2.07. The van der Waals surface area contributed by atoms with Crippen LogP contribution in [0.2, 0.25) is 0 Å². The van der Waals surface area contributed by atoms with Crippen LogP contribution < -0.4 is 4.74 Å². The van der Waals surface area contributed by atoms with Crippen LogP contribution >= 0.6 is 0 Å². The number of benzene rings is 2. The molecule has 0 atom stereocenters. The molecule has 0 radical (unpaired) electrons. The fourth-order valence-corrected chi connectivity index (χ4v) is 1.62. The standard InChI is InChI=1S/C13H12F2O/c1-13(14,15)11-5-3-10-8-12(16-2)6-4-9(10)7-11/h3-8H,1-2H3. The lowest BCUT2D eigenvalue weighted by Gasteiger charge is -2.11. The zero-order valence-electron chi connectivity index (χ0n) is 9.13. The van der Waals surface area contributed by atoms with E-state index in [1.165, 1.54) is 12.1 Å². The van der Waals surface area contributed by atoms with Crippen molar-refractivity contribution in [2.75, 3.05) is 7.11 Å². The lowest BCUT2D eigenvalue weighted by Crippen LogP contribution is -2.06. The van der Waals surface area contributed by atoms with Crippen LogP contribution in [0.25, 0.3) is 10.8 Å². The van der Waals surface area contributed by atoms with Crippen LogP contribution in [0.15, 0.2) is 36.4 Å². The quantitative estimate of drug-likeness (QED) is 0.747. The Hall–Kier alpha value is -1.64. The van der Waals surface area contributed by atoms with Crippen molar-refractivity contribution in [3.8, 4) is 5.75 Å². The highest BCUT2D eigenvalue weighted by molar-refractivity contribution is 5.84. The molecule has 0 saturated carbocycles. The summed E-state index contributed by atoms with van der Waals surface area (Å²) in [6.45, 7) is 0.900. The third kappa shape index (κ3) is 1.98. The zero-order chi connectivity index (χ0) is 11.8. The van der Waals surface area contributed by atoms with Gasteiger partial charge in [0, 0.05) is 12.5 Å². The van der Waals surface area contributed by atoms with E-state index in [1.54, 1.807) is 25.3 Å². The third-order valence-corrected chi connectivity index (χ3v) is 2.55. The summed E-state index contributed by atoms with van der Waals surface area (Å²) in [5.41, 5.74) is 0.0326. The van der Waals surface area contributed by atoms with Gasteiger partial charge in [-0.25, -0.2) is 8.78 Å². The molecular formula is C13H12F2O. The van der Waals surface area contributed by atoms with E-state index < -0.39 is 5.92 Å². The van der Waals surface area contributed by atoms with Gasteiger partial charge >= 0.3 is 0 Å². The van der Waals surface area contributed by atoms with Crippen molar-refractivity contribution in [3.05, 3.63) is 42.0 Å². The number of hydrogen-bond acceptors (Lipinski definition) is 1. The first kappa shape index (κ1) is 10.9. The van der Waals surface area contributed by atoms with Crippen LogP contribution in [0, 0.1) is 0 Å². The van der Waals surface area contributed by atoms with Gasteiger partial charge in [0.05, 0.1) is 7.11 Å². The van der Waals surface area contributed by atoms with Crippen molar-refractivity contribution in [2.24, 2.45) is 0 Å². The first-order valence-electron chi connectivity index (χ1n) is 4.97. The Morgan fingerprint density at radius 2 is 1.62 bits per heavy atom. The molecule has 0 N–H and O–H groups in total. The topological polar surface area (TPSA) is 9.23 Å². The second kappa shape index (κ2) is 3.74. The number of methoxy groups -OCH3 is 1. The van der Waals surface area contributed by atoms with E-state index in [0.717, 1.165) is 23.4 Å². The molecule has 0 aromatic heterocycles. The van der Waals surface area contributed by atoms with Crippen molar-refractivity contribution in [1.82, 2.24) is 0 Å². The minimum absolute atomic E-state index is 0.0326. The van der Waals surface area contributed by atoms with E-state index in [2.05, 4.69) is 0 Å². The second-order valence-electron chi connectivity index (χ2n) is 3.82. The summed E-state index contributed by atoms with van der Waals surface area (Å²) >= 11 is 0. The molecule has 2 aromatic rings. The van der Waals surface area contributed by atoms with Crippen LogP contribution in [0.1, 0.15) is 12.5 Å². The largest absolute Gasteiger partial charge is 0.497 e. The number of ether oxygens (including phenoxy) is 1. The monoisotopic (exact) mass is 222 g/mol. The first-order valence-corrected chi connectivity index (χ1v) is 4.97. The van der Waals surface area contributed by atoms with Crippen LogP contribution in [0.3, 0.4) is 0 Å². The maximum absolute atomic E-state index is 13.1. The summed E-state index contributed by atoms with van der Waals surface area (Å²) in [6.07, 6.45) is 0. The molecule has 0 heterocycles. The Balaban J connectivity index is 2.56. The smallest absolute Gasteiger partial charge is 0.270 e. The summed E-state index contributed by atoms with van der Waals surface area (Å²) in [5, 5.41) is 1.69. The van der Waals surface area contributed by atoms with Gasteiger partial charge in [0.2, 0.25) is 0 Å². The van der Waals surface area contributed by atoms with Crippen molar-refractivity contribution in [2.45, 2.75) is 12.8 Å². The number of rotatable bonds is 2. The van der Waals surface area contributed by atoms with Crippen molar-refractivity contribution < 1.29 is 13.5 Å². The average molecular weight is 222 g/mol. The molecular weight excluding hydrogens is 210 g/mol. The van der Waals surface area contributed by atoms with Gasteiger partial charge in [-0.2, -0.15) is 0 Å². The highest BCUT2D eigenvalue weighted by atomic mass is 19.3. The molecule has 1 nitrogen and oxygen atoms in total. The van der Waals surface area contributed by atoms with Crippen LogP contribution in [0.5, 0.6) is 5.75 Å². The second-order valence-corrected chi connectivity index (χ2v) is 3.82. The Kier molecular flexibility index (Phi) is 2.54. The van der Waals surface area contributed by atoms with E-state index in [1.807, 2.05) is 6.07 Å². The van der Waals surface area contributed by atoms with Gasteiger partial charge in [-0.15, -0.1) is 0 Å². The molecule has 3 heteroatoms. The molecule has 0 aliphatic heterocycles. The highest BCUT2D eigenvalue weighted by Gasteiger charge is 2.23. The molecule has 84 valence electrons. The predicted octanol–water partition coefficient (Wildman–Crippen LogP) is 3.96. The summed E-state index contributed by atoms with van der Waals surface area (Å²) in [4.78, 5) is 0. The van der Waals surface area contributed by atoms with Gasteiger partial charge in [0.25, 0.3) is 5.92 Å². The van der Waals surface area contributed by atoms with Gasteiger partial charge in [-0.1, -0.05) is 18.2 Å². The number of alkyl halides is 2. The summed E-state index contributed by atoms with van der Waals surface area (Å²) in [6, 6.07) is 10.0. The van der Waals surface area contributed by atoms with Crippen LogP contribution in [-0.4, -0.2) is 7.11 Å². The van der Waals surface area contributed by atoms with E-state index in [4.69, 9.17) is 4.74 Å². The molecule has 2 aromatic carbocycles. The first-order chi connectivity index (χ1) is 7.50. The van der Waals surface area contributed by atoms with Crippen molar-refractivity contribution in [1.29, 1.82) is 0 Å². The molecule has 0 bridgehead atoms. The molecule has 2 rings (SSSR count). The minimum Gasteiger partial charge on any atom is -0.497 e. The van der Waals surface area contributed by atoms with E-state index in [-0.39, 0.29) is 5.56 Å². The van der Waals surface area contributed by atoms with E-state index in [0.29, 0.717) is 0 Å². The number of halogens is 2. The van der Waals surface area contributed by atoms with Gasteiger partial charge in [0.1, 0.15) is 5.75 Å². The Labute approximate surface area is 92.7 Å². The minimum atomic E-state index is -2.80. The Morgan fingerprint density at radius 3 is 2.25 bits per heavy atom. The van der Waals surface area contributed by atoms with E-state index >= 15 is 0 Å². The number of fused-ring (bicyclic) bond motifs is 1. The van der Waals surface area contributed by atoms with Crippen molar-refractivity contribution >= 4 is 10.8 Å². The molecule has 0 spiro atoms. The fourth-order valence-electron chi connectivity index (χ4n) is 1.62. The highest BCUT2D eigenvalue weighted by Crippen LogP contribution is 2.30. The molecule has 0 aliphatic rings. The Bertz CT molecular complexity index is 515. The summed E-state index contributed by atoms with van der Waals surface area (Å²) < 4.78 is 31.3.